The van der Waals surface area contributed by atoms with Crippen molar-refractivity contribution in [3.05, 3.63) is 66.7 Å². The lowest BCUT2D eigenvalue weighted by molar-refractivity contribution is 0.00578. The molecule has 0 radical (unpaired) electrons. The van der Waals surface area contributed by atoms with Crippen LogP contribution in [0, 0.1) is 0 Å². The molecule has 0 N–H and O–H groups in total. The van der Waals surface area contributed by atoms with Crippen molar-refractivity contribution in [3.8, 4) is 0 Å². The molecule has 1 aliphatic heterocycles. The highest BCUT2D eigenvalue weighted by molar-refractivity contribution is 6.66. The van der Waals surface area contributed by atoms with Gasteiger partial charge in [0.1, 0.15) is 11.2 Å². The summed E-state index contributed by atoms with van der Waals surface area (Å²) in [6.45, 7) is 8.36. The Morgan fingerprint density at radius 1 is 0.600 bits per heavy atom. The predicted octanol–water partition coefficient (Wildman–Crippen LogP) is 6.19. The second-order valence-corrected chi connectivity index (χ2v) is 9.24. The van der Waals surface area contributed by atoms with Gasteiger partial charge in [-0.2, -0.15) is 0 Å². The lowest BCUT2D eigenvalue weighted by atomic mass is 9.75. The predicted molar refractivity (Wildman–Crippen MR) is 124 cm³/mol. The standard InChI is InChI=1S/C26H23BO3/c1-25(2)26(3,4)30-27(29-25)22-15-21-20-14-13-16-9-5-6-10-17(16)23(20)28-24(21)19-12-8-7-11-18(19)22/h5-15H,1-4H3. The molecule has 0 amide bonds. The summed E-state index contributed by atoms with van der Waals surface area (Å²) >= 11 is 0. The van der Waals surface area contributed by atoms with E-state index in [1.807, 2.05) is 0 Å². The van der Waals surface area contributed by atoms with E-state index in [-0.39, 0.29) is 11.2 Å². The van der Waals surface area contributed by atoms with E-state index in [0.29, 0.717) is 0 Å². The van der Waals surface area contributed by atoms with E-state index in [1.54, 1.807) is 0 Å². The van der Waals surface area contributed by atoms with Crippen LogP contribution in [0.15, 0.2) is 71.1 Å². The summed E-state index contributed by atoms with van der Waals surface area (Å²) in [6, 6.07) is 23.2. The highest BCUT2D eigenvalue weighted by atomic mass is 16.7. The minimum atomic E-state index is -0.422. The van der Waals surface area contributed by atoms with Gasteiger partial charge in [-0.05, 0) is 50.0 Å². The van der Waals surface area contributed by atoms with Gasteiger partial charge in [-0.3, -0.25) is 0 Å². The Kier molecular flexibility index (Phi) is 3.52. The molecule has 5 aromatic rings. The van der Waals surface area contributed by atoms with Gasteiger partial charge in [-0.15, -0.1) is 0 Å². The first-order valence-corrected chi connectivity index (χ1v) is 10.5. The average Bonchev–Trinajstić information content (AvgIpc) is 3.21. The van der Waals surface area contributed by atoms with Crippen LogP contribution in [-0.4, -0.2) is 18.3 Å². The summed E-state index contributed by atoms with van der Waals surface area (Å²) in [6.07, 6.45) is 0. The first kappa shape index (κ1) is 18.0. The van der Waals surface area contributed by atoms with E-state index in [0.717, 1.165) is 43.6 Å². The maximum atomic E-state index is 6.50. The summed E-state index contributed by atoms with van der Waals surface area (Å²) < 4.78 is 19.3. The molecule has 4 aromatic carbocycles. The zero-order valence-electron chi connectivity index (χ0n) is 17.7. The first-order valence-electron chi connectivity index (χ1n) is 10.5. The monoisotopic (exact) mass is 394 g/mol. The van der Waals surface area contributed by atoms with Gasteiger partial charge < -0.3 is 13.7 Å². The Morgan fingerprint density at radius 3 is 1.90 bits per heavy atom. The molecule has 6 rings (SSSR count). The Hall–Kier alpha value is -2.82. The van der Waals surface area contributed by atoms with Crippen molar-refractivity contribution in [2.45, 2.75) is 38.9 Å². The van der Waals surface area contributed by atoms with Gasteiger partial charge in [0.05, 0.1) is 11.2 Å². The highest BCUT2D eigenvalue weighted by Crippen LogP contribution is 2.40. The third-order valence-electron chi connectivity index (χ3n) is 6.91. The third-order valence-corrected chi connectivity index (χ3v) is 6.91. The van der Waals surface area contributed by atoms with Gasteiger partial charge in [-0.25, -0.2) is 0 Å². The molecule has 0 unspecified atom stereocenters. The summed E-state index contributed by atoms with van der Waals surface area (Å²) in [5.41, 5.74) is 2.12. The second-order valence-electron chi connectivity index (χ2n) is 9.24. The highest BCUT2D eigenvalue weighted by Gasteiger charge is 2.52. The molecule has 30 heavy (non-hydrogen) atoms. The van der Waals surface area contributed by atoms with Crippen molar-refractivity contribution in [1.29, 1.82) is 0 Å². The molecule has 1 aliphatic rings. The minimum Gasteiger partial charge on any atom is -0.455 e. The molecule has 0 atom stereocenters. The maximum Gasteiger partial charge on any atom is 0.495 e. The Balaban J connectivity index is 1.70. The quantitative estimate of drug-likeness (QED) is 0.318. The van der Waals surface area contributed by atoms with Gasteiger partial charge in [0.15, 0.2) is 0 Å². The molecule has 148 valence electrons. The smallest absolute Gasteiger partial charge is 0.455 e. The summed E-state index contributed by atoms with van der Waals surface area (Å²) in [4.78, 5) is 0. The lowest BCUT2D eigenvalue weighted by Gasteiger charge is -2.32. The fraction of sp³-hybridized carbons (Fsp3) is 0.231. The SMILES string of the molecule is CC1(C)OB(c2cc3c4ccc5ccccc5c4oc3c3ccccc23)OC1(C)C. The van der Waals surface area contributed by atoms with Crippen molar-refractivity contribution in [2.75, 3.05) is 0 Å². The van der Waals surface area contributed by atoms with Crippen LogP contribution in [0.3, 0.4) is 0 Å². The van der Waals surface area contributed by atoms with Gasteiger partial charge in [-0.1, -0.05) is 60.7 Å². The molecule has 0 spiro atoms. The van der Waals surface area contributed by atoms with E-state index in [4.69, 9.17) is 13.7 Å². The lowest BCUT2D eigenvalue weighted by Crippen LogP contribution is -2.41. The van der Waals surface area contributed by atoms with Crippen LogP contribution in [0.25, 0.3) is 43.5 Å². The van der Waals surface area contributed by atoms with Crippen LogP contribution in [0.4, 0.5) is 0 Å². The molecular weight excluding hydrogens is 371 g/mol. The maximum absolute atomic E-state index is 6.50. The number of hydrogen-bond acceptors (Lipinski definition) is 3. The number of rotatable bonds is 1. The number of furan rings is 1. The molecule has 1 saturated heterocycles. The van der Waals surface area contributed by atoms with E-state index in [9.17, 15) is 0 Å². The molecule has 1 aromatic heterocycles. The van der Waals surface area contributed by atoms with Crippen LogP contribution in [0.5, 0.6) is 0 Å². The van der Waals surface area contributed by atoms with Gasteiger partial charge in [0, 0.05) is 21.5 Å². The molecule has 4 heteroatoms. The molecule has 0 bridgehead atoms. The summed E-state index contributed by atoms with van der Waals surface area (Å²) in [7, 11) is -0.422. The van der Waals surface area contributed by atoms with Crippen LogP contribution < -0.4 is 5.46 Å². The van der Waals surface area contributed by atoms with Crippen molar-refractivity contribution in [3.63, 3.8) is 0 Å². The summed E-state index contributed by atoms with van der Waals surface area (Å²) in [5, 5.41) is 6.71. The van der Waals surface area contributed by atoms with Crippen molar-refractivity contribution >= 4 is 56.1 Å². The average molecular weight is 394 g/mol. The van der Waals surface area contributed by atoms with Crippen molar-refractivity contribution in [1.82, 2.24) is 0 Å². The molecule has 2 heterocycles. The molecule has 0 aliphatic carbocycles. The fourth-order valence-corrected chi connectivity index (χ4v) is 4.52. The molecule has 0 saturated carbocycles. The van der Waals surface area contributed by atoms with Crippen molar-refractivity contribution in [2.24, 2.45) is 0 Å². The fourth-order valence-electron chi connectivity index (χ4n) is 4.52. The van der Waals surface area contributed by atoms with Crippen LogP contribution in [0.1, 0.15) is 27.7 Å². The normalized spacial score (nSPS) is 18.2. The first-order chi connectivity index (χ1) is 14.4. The number of hydrogen-bond donors (Lipinski definition) is 0. The van der Waals surface area contributed by atoms with Crippen molar-refractivity contribution < 1.29 is 13.7 Å². The van der Waals surface area contributed by atoms with Gasteiger partial charge >= 0.3 is 7.12 Å². The van der Waals surface area contributed by atoms with Gasteiger partial charge in [0.25, 0.3) is 0 Å². The Labute approximate surface area is 175 Å². The Bertz CT molecular complexity index is 1450. The number of fused-ring (bicyclic) bond motifs is 7. The van der Waals surface area contributed by atoms with E-state index >= 15 is 0 Å². The minimum absolute atomic E-state index is 0.387. The summed E-state index contributed by atoms with van der Waals surface area (Å²) in [5.74, 6) is 0. The topological polar surface area (TPSA) is 31.6 Å². The van der Waals surface area contributed by atoms with Crippen LogP contribution >= 0.6 is 0 Å². The van der Waals surface area contributed by atoms with E-state index in [2.05, 4.69) is 94.4 Å². The van der Waals surface area contributed by atoms with E-state index in [1.165, 1.54) is 5.39 Å². The molecule has 1 fully saturated rings. The van der Waals surface area contributed by atoms with Crippen LogP contribution in [-0.2, 0) is 9.31 Å². The largest absolute Gasteiger partial charge is 0.495 e. The second kappa shape index (κ2) is 5.87. The zero-order valence-corrected chi connectivity index (χ0v) is 17.7. The van der Waals surface area contributed by atoms with Crippen LogP contribution in [0.2, 0.25) is 0 Å². The van der Waals surface area contributed by atoms with E-state index < -0.39 is 7.12 Å². The zero-order chi connectivity index (χ0) is 20.7. The number of benzene rings is 4. The molecule has 3 nitrogen and oxygen atoms in total. The molecular formula is C26H23BO3. The third kappa shape index (κ3) is 2.35. The van der Waals surface area contributed by atoms with Gasteiger partial charge in [0.2, 0.25) is 0 Å². The Morgan fingerprint density at radius 2 is 1.17 bits per heavy atom.